The summed E-state index contributed by atoms with van der Waals surface area (Å²) in [5.74, 6) is -0.146. The summed E-state index contributed by atoms with van der Waals surface area (Å²) in [5, 5.41) is 2.91. The minimum absolute atomic E-state index is 0.0265. The number of carbonyl (C=O) groups excluding carboxylic acids is 1. The molecule has 14 heavy (non-hydrogen) atoms. The molecular formula is C11H20ClNO. The van der Waals surface area contributed by atoms with Crippen molar-refractivity contribution in [2.75, 3.05) is 0 Å². The van der Waals surface area contributed by atoms with Crippen LogP contribution in [-0.4, -0.2) is 16.8 Å². The second-order valence-corrected chi connectivity index (χ2v) is 3.96. The van der Waals surface area contributed by atoms with Gasteiger partial charge in [0.15, 0.2) is 0 Å². The number of alkyl halides is 1. The van der Waals surface area contributed by atoms with E-state index in [0.29, 0.717) is 0 Å². The third-order valence-electron chi connectivity index (χ3n) is 2.78. The summed E-state index contributed by atoms with van der Waals surface area (Å²) < 4.78 is 0. The highest BCUT2D eigenvalue weighted by atomic mass is 35.5. The normalized spacial score (nSPS) is 13.4. The molecule has 0 fully saturated rings. The number of amides is 1. The van der Waals surface area contributed by atoms with Gasteiger partial charge < -0.3 is 5.32 Å². The first-order valence-corrected chi connectivity index (χ1v) is 5.58. The summed E-state index contributed by atoms with van der Waals surface area (Å²) in [7, 11) is 0. The summed E-state index contributed by atoms with van der Waals surface area (Å²) >= 11 is 6.24. The predicted molar refractivity (Wildman–Crippen MR) is 61.6 cm³/mol. The van der Waals surface area contributed by atoms with Crippen molar-refractivity contribution in [3.05, 3.63) is 12.7 Å². The van der Waals surface area contributed by atoms with E-state index in [1.807, 2.05) is 20.8 Å². The van der Waals surface area contributed by atoms with Crippen LogP contribution in [0.25, 0.3) is 0 Å². The SMILES string of the molecule is C=CC(=O)NC(CC)(CC)C(Cl)CC. The fourth-order valence-electron chi connectivity index (χ4n) is 1.64. The van der Waals surface area contributed by atoms with Crippen LogP contribution in [-0.2, 0) is 4.79 Å². The molecule has 2 nitrogen and oxygen atoms in total. The smallest absolute Gasteiger partial charge is 0.243 e. The number of halogens is 1. The average Bonchev–Trinajstić information content (AvgIpc) is 2.24. The minimum atomic E-state index is -0.290. The standard InChI is InChI=1S/C11H20ClNO/c1-5-9(12)11(7-3,8-4)13-10(14)6-2/h6,9H,2,5,7-8H2,1,3-4H3,(H,13,14). The fraction of sp³-hybridized carbons (Fsp3) is 0.727. The Bertz CT molecular complexity index is 199. The first kappa shape index (κ1) is 13.5. The Morgan fingerprint density at radius 3 is 2.29 bits per heavy atom. The predicted octanol–water partition coefficient (Wildman–Crippen LogP) is 2.86. The zero-order valence-corrected chi connectivity index (χ0v) is 10.0. The second kappa shape index (κ2) is 6.07. The summed E-state index contributed by atoms with van der Waals surface area (Å²) in [5.41, 5.74) is -0.290. The highest BCUT2D eigenvalue weighted by Crippen LogP contribution is 2.26. The van der Waals surface area contributed by atoms with Gasteiger partial charge in [-0.15, -0.1) is 11.6 Å². The van der Waals surface area contributed by atoms with Crippen LogP contribution in [0.4, 0.5) is 0 Å². The maximum atomic E-state index is 11.3. The Morgan fingerprint density at radius 1 is 1.50 bits per heavy atom. The van der Waals surface area contributed by atoms with Crippen LogP contribution in [0.15, 0.2) is 12.7 Å². The van der Waals surface area contributed by atoms with Crippen molar-refractivity contribution in [2.24, 2.45) is 0 Å². The zero-order chi connectivity index (χ0) is 11.2. The number of carbonyl (C=O) groups is 1. The van der Waals surface area contributed by atoms with Crippen molar-refractivity contribution < 1.29 is 4.79 Å². The second-order valence-electron chi connectivity index (χ2n) is 3.43. The van der Waals surface area contributed by atoms with Gasteiger partial charge >= 0.3 is 0 Å². The van der Waals surface area contributed by atoms with E-state index >= 15 is 0 Å². The van der Waals surface area contributed by atoms with Gasteiger partial charge in [0, 0.05) is 0 Å². The Kier molecular flexibility index (Phi) is 5.86. The van der Waals surface area contributed by atoms with Crippen molar-refractivity contribution in [2.45, 2.75) is 50.9 Å². The number of rotatable bonds is 6. The van der Waals surface area contributed by atoms with Crippen LogP contribution in [0.3, 0.4) is 0 Å². The molecule has 0 rings (SSSR count). The first-order valence-electron chi connectivity index (χ1n) is 5.14. The van der Waals surface area contributed by atoms with E-state index < -0.39 is 0 Å². The largest absolute Gasteiger partial charge is 0.346 e. The van der Waals surface area contributed by atoms with Crippen molar-refractivity contribution in [1.82, 2.24) is 5.32 Å². The molecule has 0 aliphatic carbocycles. The zero-order valence-electron chi connectivity index (χ0n) is 9.27. The Hall–Kier alpha value is -0.500. The monoisotopic (exact) mass is 217 g/mol. The van der Waals surface area contributed by atoms with Crippen molar-refractivity contribution in [3.8, 4) is 0 Å². The van der Waals surface area contributed by atoms with Gasteiger partial charge in [0.1, 0.15) is 0 Å². The van der Waals surface area contributed by atoms with Crippen LogP contribution in [0.2, 0.25) is 0 Å². The van der Waals surface area contributed by atoms with Crippen LogP contribution in [0, 0.1) is 0 Å². The Balaban J connectivity index is 4.68. The van der Waals surface area contributed by atoms with Gasteiger partial charge in [-0.05, 0) is 25.3 Å². The number of nitrogens with one attached hydrogen (secondary N) is 1. The molecule has 82 valence electrons. The van der Waals surface area contributed by atoms with E-state index in [1.165, 1.54) is 6.08 Å². The summed E-state index contributed by atoms with van der Waals surface area (Å²) in [6.45, 7) is 9.55. The van der Waals surface area contributed by atoms with Gasteiger partial charge in [-0.3, -0.25) is 4.79 Å². The molecule has 0 radical (unpaired) electrons. The molecule has 0 heterocycles. The van der Waals surface area contributed by atoms with Gasteiger partial charge in [-0.1, -0.05) is 27.4 Å². The van der Waals surface area contributed by atoms with Crippen molar-refractivity contribution >= 4 is 17.5 Å². The lowest BCUT2D eigenvalue weighted by Crippen LogP contribution is -2.53. The van der Waals surface area contributed by atoms with E-state index in [2.05, 4.69) is 11.9 Å². The minimum Gasteiger partial charge on any atom is -0.346 e. The Labute approximate surface area is 91.7 Å². The summed E-state index contributed by atoms with van der Waals surface area (Å²) in [6, 6.07) is 0. The average molecular weight is 218 g/mol. The molecule has 0 spiro atoms. The van der Waals surface area contributed by atoms with E-state index in [1.54, 1.807) is 0 Å². The van der Waals surface area contributed by atoms with E-state index in [-0.39, 0.29) is 16.8 Å². The molecule has 1 amide bonds. The van der Waals surface area contributed by atoms with Crippen LogP contribution < -0.4 is 5.32 Å². The van der Waals surface area contributed by atoms with Gasteiger partial charge in [0.2, 0.25) is 5.91 Å². The first-order chi connectivity index (χ1) is 6.56. The van der Waals surface area contributed by atoms with Crippen molar-refractivity contribution in [3.63, 3.8) is 0 Å². The van der Waals surface area contributed by atoms with E-state index in [4.69, 9.17) is 11.6 Å². The highest BCUT2D eigenvalue weighted by molar-refractivity contribution is 6.21. The van der Waals surface area contributed by atoms with E-state index in [9.17, 15) is 4.79 Å². The van der Waals surface area contributed by atoms with Crippen molar-refractivity contribution in [1.29, 1.82) is 0 Å². The molecule has 0 aliphatic rings. The number of hydrogen-bond acceptors (Lipinski definition) is 1. The topological polar surface area (TPSA) is 29.1 Å². The molecule has 1 N–H and O–H groups in total. The van der Waals surface area contributed by atoms with Gasteiger partial charge in [-0.25, -0.2) is 0 Å². The Morgan fingerprint density at radius 2 is 2.00 bits per heavy atom. The molecule has 3 heteroatoms. The molecule has 0 aromatic carbocycles. The quantitative estimate of drug-likeness (QED) is 0.538. The highest BCUT2D eigenvalue weighted by Gasteiger charge is 2.34. The summed E-state index contributed by atoms with van der Waals surface area (Å²) in [4.78, 5) is 11.3. The van der Waals surface area contributed by atoms with Gasteiger partial charge in [-0.2, -0.15) is 0 Å². The third kappa shape index (κ3) is 3.02. The van der Waals surface area contributed by atoms with Crippen LogP contribution in [0.1, 0.15) is 40.0 Å². The lowest BCUT2D eigenvalue weighted by molar-refractivity contribution is -0.118. The lowest BCUT2D eigenvalue weighted by Gasteiger charge is -2.36. The molecule has 1 atom stereocenters. The van der Waals surface area contributed by atoms with Crippen LogP contribution in [0.5, 0.6) is 0 Å². The molecule has 0 saturated carbocycles. The molecule has 0 aromatic heterocycles. The fourth-order valence-corrected chi connectivity index (χ4v) is 2.00. The van der Waals surface area contributed by atoms with Gasteiger partial charge in [0.05, 0.1) is 10.9 Å². The summed E-state index contributed by atoms with van der Waals surface area (Å²) in [6.07, 6.45) is 3.82. The van der Waals surface area contributed by atoms with E-state index in [0.717, 1.165) is 19.3 Å². The number of hydrogen-bond donors (Lipinski definition) is 1. The molecule has 0 saturated heterocycles. The molecular weight excluding hydrogens is 198 g/mol. The molecule has 0 aliphatic heterocycles. The maximum absolute atomic E-state index is 11.3. The molecule has 1 unspecified atom stereocenters. The maximum Gasteiger partial charge on any atom is 0.243 e. The van der Waals surface area contributed by atoms with Crippen LogP contribution >= 0.6 is 11.6 Å². The third-order valence-corrected chi connectivity index (χ3v) is 3.50. The molecule has 0 aromatic rings. The van der Waals surface area contributed by atoms with Gasteiger partial charge in [0.25, 0.3) is 0 Å². The molecule has 0 bridgehead atoms. The lowest BCUT2D eigenvalue weighted by atomic mass is 9.87.